The van der Waals surface area contributed by atoms with E-state index in [9.17, 15) is 9.90 Å². The van der Waals surface area contributed by atoms with Crippen LogP contribution in [0.25, 0.3) is 0 Å². The fourth-order valence-corrected chi connectivity index (χ4v) is 3.18. The lowest BCUT2D eigenvalue weighted by Gasteiger charge is -2.30. The molecule has 0 saturated carbocycles. The third kappa shape index (κ3) is 4.31. The summed E-state index contributed by atoms with van der Waals surface area (Å²) in [6.07, 6.45) is 0.944. The van der Waals surface area contributed by atoms with E-state index in [1.807, 2.05) is 38.1 Å². The van der Waals surface area contributed by atoms with Crippen LogP contribution in [0.5, 0.6) is 5.75 Å². The monoisotopic (exact) mass is 357 g/mol. The van der Waals surface area contributed by atoms with Crippen molar-refractivity contribution in [2.24, 2.45) is 5.92 Å². The molecular weight excluding hydrogens is 330 g/mol. The summed E-state index contributed by atoms with van der Waals surface area (Å²) in [5.74, 6) is 1.71. The molecule has 0 aliphatic carbocycles. The normalized spacial score (nSPS) is 15.7. The Morgan fingerprint density at radius 1 is 1.31 bits per heavy atom. The Labute approximate surface area is 153 Å². The van der Waals surface area contributed by atoms with Gasteiger partial charge in [-0.2, -0.15) is 0 Å². The number of hydrogen-bond acceptors (Lipinski definition) is 5. The topological polar surface area (TPSA) is 78.5 Å². The number of ether oxygens (including phenoxy) is 1. The van der Waals surface area contributed by atoms with E-state index in [4.69, 9.17) is 4.74 Å². The third-order valence-electron chi connectivity index (χ3n) is 4.94. The van der Waals surface area contributed by atoms with Crippen LogP contribution < -0.4 is 10.3 Å². The number of fused-ring (bicyclic) bond motifs is 1. The Balaban J connectivity index is 1.73. The Bertz CT molecular complexity index is 799. The molecule has 1 unspecified atom stereocenters. The van der Waals surface area contributed by atoms with Crippen LogP contribution in [-0.4, -0.2) is 46.3 Å². The van der Waals surface area contributed by atoms with Crippen LogP contribution in [0, 0.1) is 5.92 Å². The summed E-state index contributed by atoms with van der Waals surface area (Å²) in [5.41, 5.74) is 2.62. The zero-order chi connectivity index (χ0) is 18.7. The summed E-state index contributed by atoms with van der Waals surface area (Å²) in [6.45, 7) is 5.95. The van der Waals surface area contributed by atoms with Gasteiger partial charge in [-0.25, -0.2) is 4.98 Å². The number of methoxy groups -OCH3 is 1. The van der Waals surface area contributed by atoms with Gasteiger partial charge in [0.05, 0.1) is 24.5 Å². The zero-order valence-electron chi connectivity index (χ0n) is 15.7. The lowest BCUT2D eigenvalue weighted by molar-refractivity contribution is 0.0704. The molecule has 2 heterocycles. The minimum absolute atomic E-state index is 0.0674. The number of rotatable bonds is 6. The van der Waals surface area contributed by atoms with E-state index < -0.39 is 0 Å². The van der Waals surface area contributed by atoms with E-state index in [2.05, 4.69) is 14.9 Å². The minimum Gasteiger partial charge on any atom is -0.497 e. The van der Waals surface area contributed by atoms with Crippen LogP contribution in [0.4, 0.5) is 0 Å². The second kappa shape index (κ2) is 8.01. The molecule has 0 saturated heterocycles. The Hall–Kier alpha value is -2.18. The Morgan fingerprint density at radius 2 is 2.04 bits per heavy atom. The lowest BCUT2D eigenvalue weighted by Crippen LogP contribution is -2.41. The van der Waals surface area contributed by atoms with Gasteiger partial charge in [0.15, 0.2) is 0 Å². The molecule has 1 aromatic heterocycles. The second-order valence-electron chi connectivity index (χ2n) is 7.26. The highest BCUT2D eigenvalue weighted by molar-refractivity contribution is 5.29. The summed E-state index contributed by atoms with van der Waals surface area (Å²) >= 11 is 0. The number of benzene rings is 1. The van der Waals surface area contributed by atoms with E-state index in [0.717, 1.165) is 35.5 Å². The van der Waals surface area contributed by atoms with E-state index in [1.165, 1.54) is 0 Å². The maximum Gasteiger partial charge on any atom is 0.255 e. The van der Waals surface area contributed by atoms with Gasteiger partial charge in [0.1, 0.15) is 11.6 Å². The van der Waals surface area contributed by atoms with Crippen molar-refractivity contribution in [3.63, 3.8) is 0 Å². The summed E-state index contributed by atoms with van der Waals surface area (Å²) in [5, 5.41) is 10.1. The van der Waals surface area contributed by atoms with Crippen LogP contribution in [0.3, 0.4) is 0 Å². The molecule has 0 fully saturated rings. The van der Waals surface area contributed by atoms with Crippen molar-refractivity contribution in [2.45, 2.75) is 39.3 Å². The highest BCUT2D eigenvalue weighted by Crippen LogP contribution is 2.17. The molecule has 2 N–H and O–H groups in total. The third-order valence-corrected chi connectivity index (χ3v) is 4.94. The molecule has 6 nitrogen and oxygen atoms in total. The molecule has 1 atom stereocenters. The molecule has 1 aromatic carbocycles. The number of aliphatic hydroxyl groups is 1. The number of β-amino-alcohol motifs (C(OH)–C–C–N with tert-alkyl or cyclic N) is 1. The molecule has 140 valence electrons. The molecule has 1 aliphatic heterocycles. The van der Waals surface area contributed by atoms with Crippen molar-refractivity contribution in [1.29, 1.82) is 0 Å². The van der Waals surface area contributed by atoms with Crippen LogP contribution in [0.15, 0.2) is 29.1 Å². The van der Waals surface area contributed by atoms with Gasteiger partial charge in [-0.1, -0.05) is 26.0 Å². The summed E-state index contributed by atoms with van der Waals surface area (Å²) in [7, 11) is 1.64. The SMILES string of the molecule is COc1ccc(Cc2nc3c(c(=O)[nH]2)CN(CC(O)C(C)C)CC3)cc1. The van der Waals surface area contributed by atoms with Crippen molar-refractivity contribution >= 4 is 0 Å². The number of H-pyrrole nitrogens is 1. The minimum atomic E-state index is -0.377. The molecule has 0 radical (unpaired) electrons. The van der Waals surface area contributed by atoms with E-state index in [0.29, 0.717) is 25.3 Å². The Morgan fingerprint density at radius 3 is 2.69 bits per heavy atom. The van der Waals surface area contributed by atoms with Crippen LogP contribution in [-0.2, 0) is 19.4 Å². The van der Waals surface area contributed by atoms with Crippen molar-refractivity contribution in [3.8, 4) is 5.75 Å². The molecule has 0 bridgehead atoms. The van der Waals surface area contributed by atoms with Gasteiger partial charge in [-0.3, -0.25) is 9.69 Å². The molecule has 6 heteroatoms. The molecule has 0 spiro atoms. The fraction of sp³-hybridized carbons (Fsp3) is 0.500. The van der Waals surface area contributed by atoms with E-state index in [-0.39, 0.29) is 17.6 Å². The van der Waals surface area contributed by atoms with Crippen molar-refractivity contribution < 1.29 is 9.84 Å². The summed E-state index contributed by atoms with van der Waals surface area (Å²) in [6, 6.07) is 7.77. The smallest absolute Gasteiger partial charge is 0.255 e. The lowest BCUT2D eigenvalue weighted by atomic mass is 10.0. The number of aromatic nitrogens is 2. The van der Waals surface area contributed by atoms with Gasteiger partial charge in [-0.15, -0.1) is 0 Å². The number of hydrogen-bond donors (Lipinski definition) is 2. The Kier molecular flexibility index (Phi) is 5.74. The van der Waals surface area contributed by atoms with Gasteiger partial charge in [0.25, 0.3) is 5.56 Å². The average molecular weight is 357 g/mol. The predicted molar refractivity (Wildman–Crippen MR) is 100 cm³/mol. The number of aromatic amines is 1. The van der Waals surface area contributed by atoms with Crippen molar-refractivity contribution in [2.75, 3.05) is 20.2 Å². The standard InChI is InChI=1S/C20H27N3O3/c1-13(2)18(24)12-23-9-8-17-16(11-23)20(25)22-19(21-17)10-14-4-6-15(26-3)7-5-14/h4-7,13,18,24H,8-12H2,1-3H3,(H,21,22,25). The highest BCUT2D eigenvalue weighted by Gasteiger charge is 2.23. The van der Waals surface area contributed by atoms with Crippen molar-refractivity contribution in [1.82, 2.24) is 14.9 Å². The van der Waals surface area contributed by atoms with Gasteiger partial charge >= 0.3 is 0 Å². The molecule has 3 rings (SSSR count). The summed E-state index contributed by atoms with van der Waals surface area (Å²) in [4.78, 5) is 22.3. The largest absolute Gasteiger partial charge is 0.497 e. The summed E-state index contributed by atoms with van der Waals surface area (Å²) < 4.78 is 5.17. The van der Waals surface area contributed by atoms with Crippen LogP contribution >= 0.6 is 0 Å². The van der Waals surface area contributed by atoms with Gasteiger partial charge in [0.2, 0.25) is 0 Å². The molecular formula is C20H27N3O3. The van der Waals surface area contributed by atoms with E-state index in [1.54, 1.807) is 7.11 Å². The molecule has 1 aliphatic rings. The number of aliphatic hydroxyl groups excluding tert-OH is 1. The quantitative estimate of drug-likeness (QED) is 0.823. The first-order valence-electron chi connectivity index (χ1n) is 9.10. The van der Waals surface area contributed by atoms with Crippen LogP contribution in [0.1, 0.15) is 36.5 Å². The highest BCUT2D eigenvalue weighted by atomic mass is 16.5. The van der Waals surface area contributed by atoms with E-state index >= 15 is 0 Å². The van der Waals surface area contributed by atoms with Gasteiger partial charge in [-0.05, 0) is 23.6 Å². The van der Waals surface area contributed by atoms with Crippen LogP contribution in [0.2, 0.25) is 0 Å². The molecule has 2 aromatic rings. The first-order valence-corrected chi connectivity index (χ1v) is 9.10. The predicted octanol–water partition coefficient (Wildman–Crippen LogP) is 1.74. The second-order valence-corrected chi connectivity index (χ2v) is 7.26. The molecule has 26 heavy (non-hydrogen) atoms. The first-order chi connectivity index (χ1) is 12.5. The number of nitrogens with one attached hydrogen (secondary N) is 1. The van der Waals surface area contributed by atoms with Crippen molar-refractivity contribution in [3.05, 3.63) is 57.3 Å². The number of nitrogens with zero attached hydrogens (tertiary/aromatic N) is 2. The maximum atomic E-state index is 12.5. The first kappa shape index (κ1) is 18.6. The fourth-order valence-electron chi connectivity index (χ4n) is 3.18. The van der Waals surface area contributed by atoms with Gasteiger partial charge < -0.3 is 14.8 Å². The average Bonchev–Trinajstić information content (AvgIpc) is 2.63. The zero-order valence-corrected chi connectivity index (χ0v) is 15.7. The molecule has 0 amide bonds. The maximum absolute atomic E-state index is 12.5. The van der Waals surface area contributed by atoms with Gasteiger partial charge in [0, 0.05) is 32.5 Å².